The molecular weight excluding hydrogens is 620 g/mol. The zero-order valence-electron chi connectivity index (χ0n) is 23.9. The molecule has 0 unspecified atom stereocenters. The lowest BCUT2D eigenvalue weighted by molar-refractivity contribution is 0.507. The molecule has 0 saturated carbocycles. The molecule has 222 valence electrons. The number of halogens is 2. The number of hydrogen-bond donors (Lipinski definition) is 0. The molecular formula is C32H9F2N13O. The molecule has 3 aromatic carbocycles. The molecule has 0 atom stereocenters. The first kappa shape index (κ1) is 28.9. The van der Waals surface area contributed by atoms with Crippen LogP contribution in [-0.4, -0.2) is 19.9 Å². The molecule has 7 rings (SSSR count). The van der Waals surface area contributed by atoms with E-state index in [2.05, 4.69) is 54.4 Å². The molecule has 0 saturated heterocycles. The molecule has 0 bridgehead atoms. The van der Waals surface area contributed by atoms with Crippen LogP contribution in [0, 0.1) is 60.9 Å². The Hall–Kier alpha value is -7.87. The Morgan fingerprint density at radius 3 is 2.12 bits per heavy atom. The third-order valence-electron chi connectivity index (χ3n) is 7.05. The highest BCUT2D eigenvalue weighted by Gasteiger charge is 2.25. The summed E-state index contributed by atoms with van der Waals surface area (Å²) in [5.74, 6) is -4.11. The van der Waals surface area contributed by atoms with E-state index < -0.39 is 11.6 Å². The van der Waals surface area contributed by atoms with Crippen LogP contribution in [-0.2, 0) is 0 Å². The minimum Gasteiger partial charge on any atom is -0.433 e. The number of aromatic nitrogens is 4. The number of benzene rings is 3. The van der Waals surface area contributed by atoms with E-state index in [9.17, 15) is 19.3 Å². The molecule has 14 nitrogen and oxygen atoms in total. The van der Waals surface area contributed by atoms with Crippen LogP contribution < -0.4 is 21.4 Å². The molecule has 0 fully saturated rings. The van der Waals surface area contributed by atoms with E-state index in [4.69, 9.17) is 24.1 Å². The normalized spacial score (nSPS) is 14.4. The maximum absolute atomic E-state index is 14.0. The van der Waals surface area contributed by atoms with Crippen molar-refractivity contribution in [2.45, 2.75) is 6.92 Å². The number of nitriles is 2. The second-order valence-electron chi connectivity index (χ2n) is 9.86. The van der Waals surface area contributed by atoms with E-state index in [0.29, 0.717) is 10.9 Å². The highest BCUT2D eigenvalue weighted by atomic mass is 19.2. The van der Waals surface area contributed by atoms with Gasteiger partial charge in [0.1, 0.15) is 23.2 Å². The van der Waals surface area contributed by atoms with Crippen molar-refractivity contribution in [2.24, 2.45) is 20.0 Å². The zero-order valence-corrected chi connectivity index (χ0v) is 23.9. The SMILES string of the molecule is [C-]#[N+]/C(=C1/N=c2c(C#N)ccc([N+]#[C-])c2=N1)c1nc(/C(C#N)=C2/N=c3c(C)ccc([N+]#[C-])c3=N2)nc(-c2nc3cc(F)c(F)cc3o2)n1. The van der Waals surface area contributed by atoms with Gasteiger partial charge in [0.05, 0.1) is 46.7 Å². The fourth-order valence-electron chi connectivity index (χ4n) is 4.78. The van der Waals surface area contributed by atoms with Crippen LogP contribution in [0.2, 0.25) is 0 Å². The van der Waals surface area contributed by atoms with Crippen molar-refractivity contribution in [2.75, 3.05) is 0 Å². The van der Waals surface area contributed by atoms with Gasteiger partial charge < -0.3 is 4.42 Å². The maximum atomic E-state index is 14.0. The molecule has 0 N–H and O–H groups in total. The fourth-order valence-corrected chi connectivity index (χ4v) is 4.78. The van der Waals surface area contributed by atoms with E-state index in [0.717, 1.165) is 12.1 Å². The fraction of sp³-hybridized carbons (Fsp3) is 0.0312. The van der Waals surface area contributed by atoms with Crippen LogP contribution in [0.1, 0.15) is 22.8 Å². The third kappa shape index (κ3) is 4.50. The molecule has 2 aliphatic rings. The summed E-state index contributed by atoms with van der Waals surface area (Å²) in [5, 5.41) is 20.7. The van der Waals surface area contributed by atoms with Gasteiger partial charge in [0.25, 0.3) is 11.6 Å². The van der Waals surface area contributed by atoms with E-state index in [1.165, 1.54) is 12.1 Å². The van der Waals surface area contributed by atoms with Gasteiger partial charge in [0.15, 0.2) is 40.5 Å². The maximum Gasteiger partial charge on any atom is 0.274 e. The van der Waals surface area contributed by atoms with Crippen molar-refractivity contribution >= 4 is 33.7 Å². The van der Waals surface area contributed by atoms with Gasteiger partial charge in [-0.3, -0.25) is 4.99 Å². The largest absolute Gasteiger partial charge is 0.433 e. The summed E-state index contributed by atoms with van der Waals surface area (Å²) in [6.07, 6.45) is 0. The summed E-state index contributed by atoms with van der Waals surface area (Å²) in [7, 11) is 0. The van der Waals surface area contributed by atoms with E-state index in [-0.39, 0.29) is 90.4 Å². The van der Waals surface area contributed by atoms with Gasteiger partial charge in [-0.05, 0) is 12.5 Å². The van der Waals surface area contributed by atoms with E-state index >= 15 is 0 Å². The van der Waals surface area contributed by atoms with Gasteiger partial charge in [0, 0.05) is 12.1 Å². The molecule has 0 aliphatic carbocycles. The molecule has 5 aromatic rings. The average Bonchev–Trinajstić information content (AvgIpc) is 3.83. The van der Waals surface area contributed by atoms with Crippen LogP contribution in [0.3, 0.4) is 0 Å². The summed E-state index contributed by atoms with van der Waals surface area (Å²) in [6, 6.07) is 11.6. The number of fused-ring (bicyclic) bond motifs is 3. The Morgan fingerprint density at radius 2 is 1.42 bits per heavy atom. The van der Waals surface area contributed by atoms with Gasteiger partial charge >= 0.3 is 0 Å². The van der Waals surface area contributed by atoms with Crippen LogP contribution in [0.15, 0.2) is 72.4 Å². The molecule has 0 spiro atoms. The predicted molar refractivity (Wildman–Crippen MR) is 158 cm³/mol. The molecule has 0 radical (unpaired) electrons. The predicted octanol–water partition coefficient (Wildman–Crippen LogP) is 3.88. The van der Waals surface area contributed by atoms with Crippen LogP contribution in [0.5, 0.6) is 0 Å². The standard InChI is InChI=1S/C32H9F2N13O/c1-13-5-7-18(37-2)24-22(13)41-27(43-24)15(12-36)28-45-30(47-31(46-28)32-40-20-9-16(33)17(34)10-21(20)48-32)26(39-4)29-42-23-14(11-35)6-8-19(38-3)25(23)44-29/h5-10H,1H3/b27-15-,29-26-. The number of nitrogens with zero attached hydrogens (tertiary/aromatic N) is 13. The third-order valence-corrected chi connectivity index (χ3v) is 7.05. The van der Waals surface area contributed by atoms with Gasteiger partial charge in [0.2, 0.25) is 17.2 Å². The molecule has 16 heteroatoms. The molecule has 0 amide bonds. The van der Waals surface area contributed by atoms with E-state index in [1.807, 2.05) is 12.1 Å². The lowest BCUT2D eigenvalue weighted by Crippen LogP contribution is -2.24. The molecule has 2 aromatic heterocycles. The number of oxazole rings is 1. The Labute approximate surface area is 266 Å². The quantitative estimate of drug-likeness (QED) is 0.215. The van der Waals surface area contributed by atoms with Crippen molar-refractivity contribution in [3.8, 4) is 23.9 Å². The monoisotopic (exact) mass is 629 g/mol. The van der Waals surface area contributed by atoms with Gasteiger partial charge in [-0.25, -0.2) is 58.2 Å². The smallest absolute Gasteiger partial charge is 0.274 e. The Morgan fingerprint density at radius 1 is 0.771 bits per heavy atom. The molecule has 48 heavy (non-hydrogen) atoms. The molecule has 4 heterocycles. The first-order chi connectivity index (χ1) is 23.3. The summed E-state index contributed by atoms with van der Waals surface area (Å²) in [6.45, 7) is 24.7. The lowest BCUT2D eigenvalue weighted by atomic mass is 10.2. The first-order valence-electron chi connectivity index (χ1n) is 13.4. The number of aryl methyl sites for hydroxylation is 1. The van der Waals surface area contributed by atoms with Gasteiger partial charge in [-0.1, -0.05) is 24.3 Å². The second kappa shape index (κ2) is 10.9. The van der Waals surface area contributed by atoms with Crippen LogP contribution in [0.4, 0.5) is 20.2 Å². The summed E-state index contributed by atoms with van der Waals surface area (Å²) in [5.41, 5.74) is 0.245. The van der Waals surface area contributed by atoms with Crippen molar-refractivity contribution in [1.82, 2.24) is 19.9 Å². The zero-order chi connectivity index (χ0) is 33.7. The Bertz CT molecular complexity index is 2800. The minimum atomic E-state index is -1.18. The second-order valence-corrected chi connectivity index (χ2v) is 9.86. The minimum absolute atomic E-state index is 0.0691. The average molecular weight is 630 g/mol. The summed E-state index contributed by atoms with van der Waals surface area (Å²) >= 11 is 0. The van der Waals surface area contributed by atoms with Gasteiger partial charge in [-0.15, -0.1) is 0 Å². The van der Waals surface area contributed by atoms with E-state index in [1.54, 1.807) is 19.1 Å². The van der Waals surface area contributed by atoms with Crippen LogP contribution in [0.25, 0.3) is 48.6 Å². The summed E-state index contributed by atoms with van der Waals surface area (Å²) < 4.78 is 33.6. The number of rotatable bonds is 3. The van der Waals surface area contributed by atoms with Crippen molar-refractivity contribution in [1.29, 1.82) is 10.5 Å². The topological polar surface area (TPSA) is 175 Å². The Balaban J connectivity index is 1.52. The first-order valence-corrected chi connectivity index (χ1v) is 13.4. The Kier molecular flexibility index (Phi) is 6.58. The highest BCUT2D eigenvalue weighted by Crippen LogP contribution is 2.29. The van der Waals surface area contributed by atoms with Crippen molar-refractivity contribution in [3.63, 3.8) is 0 Å². The molecule has 2 aliphatic heterocycles. The summed E-state index contributed by atoms with van der Waals surface area (Å²) in [4.78, 5) is 45.1. The van der Waals surface area contributed by atoms with Crippen molar-refractivity contribution in [3.05, 3.63) is 138 Å². The van der Waals surface area contributed by atoms with Crippen LogP contribution >= 0.6 is 0 Å². The number of allylic oxidation sites excluding steroid dienone is 1. The van der Waals surface area contributed by atoms with Crippen molar-refractivity contribution < 1.29 is 13.2 Å². The van der Waals surface area contributed by atoms with Gasteiger partial charge in [-0.2, -0.15) is 10.5 Å². The number of hydrogen-bond acceptors (Lipinski definition) is 11. The highest BCUT2D eigenvalue weighted by molar-refractivity contribution is 5.79. The lowest BCUT2D eigenvalue weighted by Gasteiger charge is -2.05.